The molecule has 0 spiro atoms. The average molecular weight is 540 g/mol. The number of carbonyl (C=O) groups is 1. The molecule has 2 aliphatic rings. The van der Waals surface area contributed by atoms with Crippen LogP contribution in [-0.4, -0.2) is 91.5 Å². The Balaban J connectivity index is 0.00000450. The lowest BCUT2D eigenvalue weighted by atomic mass is 10.0. The van der Waals surface area contributed by atoms with E-state index >= 15 is 0 Å². The SMILES string of the molecule is CCNC(=NCC(C)(C)N1CC(C)OC(C)C1)NC1CCN(C(=O)OCC)CC1.I. The minimum absolute atomic E-state index is 0. The zero-order chi connectivity index (χ0) is 21.4. The highest BCUT2D eigenvalue weighted by Crippen LogP contribution is 2.21. The van der Waals surface area contributed by atoms with Crippen molar-refractivity contribution in [1.29, 1.82) is 0 Å². The van der Waals surface area contributed by atoms with Crippen molar-refractivity contribution in [2.45, 2.75) is 78.2 Å². The molecule has 9 heteroatoms. The van der Waals surface area contributed by atoms with Crippen LogP contribution in [0, 0.1) is 0 Å². The highest BCUT2D eigenvalue weighted by Gasteiger charge is 2.33. The maximum atomic E-state index is 11.9. The van der Waals surface area contributed by atoms with Crippen molar-refractivity contribution in [3.63, 3.8) is 0 Å². The number of hydrogen-bond donors (Lipinski definition) is 2. The summed E-state index contributed by atoms with van der Waals surface area (Å²) < 4.78 is 11.0. The topological polar surface area (TPSA) is 78.4 Å². The number of halogens is 1. The zero-order valence-corrected chi connectivity index (χ0v) is 21.9. The van der Waals surface area contributed by atoms with Gasteiger partial charge in [-0.05, 0) is 54.4 Å². The van der Waals surface area contributed by atoms with Gasteiger partial charge in [-0.15, -0.1) is 24.0 Å². The van der Waals surface area contributed by atoms with Crippen molar-refractivity contribution >= 4 is 36.0 Å². The fourth-order valence-corrected chi connectivity index (χ4v) is 3.98. The fraction of sp³-hybridized carbons (Fsp3) is 0.905. The number of guanidine groups is 1. The van der Waals surface area contributed by atoms with Crippen LogP contribution >= 0.6 is 24.0 Å². The molecule has 0 aliphatic carbocycles. The number of ether oxygens (including phenoxy) is 2. The largest absolute Gasteiger partial charge is 0.450 e. The molecule has 8 nitrogen and oxygen atoms in total. The second-order valence-corrected chi connectivity index (χ2v) is 8.77. The van der Waals surface area contributed by atoms with Crippen LogP contribution in [0.3, 0.4) is 0 Å². The van der Waals surface area contributed by atoms with Crippen LogP contribution in [0.1, 0.15) is 54.4 Å². The number of rotatable bonds is 6. The van der Waals surface area contributed by atoms with E-state index in [-0.39, 0.29) is 47.8 Å². The van der Waals surface area contributed by atoms with Crippen molar-refractivity contribution in [2.75, 3.05) is 45.9 Å². The smallest absolute Gasteiger partial charge is 0.409 e. The van der Waals surface area contributed by atoms with Crippen LogP contribution < -0.4 is 10.6 Å². The quantitative estimate of drug-likeness (QED) is 0.307. The van der Waals surface area contributed by atoms with Crippen LogP contribution in [0.25, 0.3) is 0 Å². The first kappa shape index (κ1) is 27.2. The third-order valence-electron chi connectivity index (χ3n) is 5.61. The molecule has 30 heavy (non-hydrogen) atoms. The van der Waals surface area contributed by atoms with Gasteiger partial charge in [0.25, 0.3) is 0 Å². The Labute approximate surface area is 199 Å². The van der Waals surface area contributed by atoms with Crippen molar-refractivity contribution in [1.82, 2.24) is 20.4 Å². The minimum atomic E-state index is -0.206. The van der Waals surface area contributed by atoms with Gasteiger partial charge in [0, 0.05) is 44.3 Å². The van der Waals surface area contributed by atoms with E-state index in [2.05, 4.69) is 50.2 Å². The van der Waals surface area contributed by atoms with Crippen molar-refractivity contribution in [2.24, 2.45) is 4.99 Å². The number of nitrogens with zero attached hydrogens (tertiary/aromatic N) is 3. The number of nitrogens with one attached hydrogen (secondary N) is 2. The number of likely N-dealkylation sites (tertiary alicyclic amines) is 1. The summed E-state index contributed by atoms with van der Waals surface area (Å²) >= 11 is 0. The van der Waals surface area contributed by atoms with Gasteiger partial charge in [0.1, 0.15) is 0 Å². The van der Waals surface area contributed by atoms with E-state index in [4.69, 9.17) is 14.5 Å². The molecule has 2 atom stereocenters. The lowest BCUT2D eigenvalue weighted by molar-refractivity contribution is -0.0939. The van der Waals surface area contributed by atoms with Gasteiger partial charge >= 0.3 is 6.09 Å². The molecule has 0 radical (unpaired) electrons. The predicted molar refractivity (Wildman–Crippen MR) is 132 cm³/mol. The minimum Gasteiger partial charge on any atom is -0.450 e. The van der Waals surface area contributed by atoms with Crippen LogP contribution in [0.4, 0.5) is 4.79 Å². The maximum absolute atomic E-state index is 11.9. The molecule has 0 aromatic carbocycles. The summed E-state index contributed by atoms with van der Waals surface area (Å²) in [4.78, 5) is 21.0. The summed E-state index contributed by atoms with van der Waals surface area (Å²) in [6.45, 7) is 17.9. The lowest BCUT2D eigenvalue weighted by Crippen LogP contribution is -2.56. The van der Waals surface area contributed by atoms with Crippen LogP contribution in [0.5, 0.6) is 0 Å². The number of morpholine rings is 1. The van der Waals surface area contributed by atoms with Crippen molar-refractivity contribution in [3.8, 4) is 0 Å². The third-order valence-corrected chi connectivity index (χ3v) is 5.61. The third kappa shape index (κ3) is 8.37. The van der Waals surface area contributed by atoms with Crippen LogP contribution in [-0.2, 0) is 9.47 Å². The monoisotopic (exact) mass is 539 g/mol. The molecule has 2 rings (SSSR count). The van der Waals surface area contributed by atoms with Gasteiger partial charge in [-0.25, -0.2) is 4.79 Å². The Hall–Kier alpha value is -0.810. The number of carbonyl (C=O) groups excluding carboxylic acids is 1. The summed E-state index contributed by atoms with van der Waals surface area (Å²) in [5.41, 5.74) is -0.0398. The summed E-state index contributed by atoms with van der Waals surface area (Å²) in [5, 5.41) is 6.93. The Morgan fingerprint density at radius 3 is 2.30 bits per heavy atom. The Morgan fingerprint density at radius 2 is 1.77 bits per heavy atom. The summed E-state index contributed by atoms with van der Waals surface area (Å²) in [6.07, 6.45) is 2.08. The van der Waals surface area contributed by atoms with E-state index in [1.54, 1.807) is 4.90 Å². The van der Waals surface area contributed by atoms with E-state index in [0.29, 0.717) is 32.3 Å². The summed E-state index contributed by atoms with van der Waals surface area (Å²) in [5.74, 6) is 0.851. The molecule has 176 valence electrons. The Kier molecular flexibility index (Phi) is 11.7. The van der Waals surface area contributed by atoms with Crippen molar-refractivity contribution < 1.29 is 14.3 Å². The second-order valence-electron chi connectivity index (χ2n) is 8.77. The highest BCUT2D eigenvalue weighted by molar-refractivity contribution is 14.0. The molecule has 2 aliphatic heterocycles. The molecular formula is C21H42IN5O3. The Bertz CT molecular complexity index is 543. The first-order chi connectivity index (χ1) is 13.7. The van der Waals surface area contributed by atoms with E-state index in [1.165, 1.54) is 0 Å². The van der Waals surface area contributed by atoms with E-state index in [9.17, 15) is 4.79 Å². The molecular weight excluding hydrogens is 497 g/mol. The molecule has 1 amide bonds. The maximum Gasteiger partial charge on any atom is 0.409 e. The summed E-state index contributed by atoms with van der Waals surface area (Å²) in [7, 11) is 0. The Morgan fingerprint density at radius 1 is 1.17 bits per heavy atom. The van der Waals surface area contributed by atoms with Gasteiger partial charge in [0.2, 0.25) is 0 Å². The van der Waals surface area contributed by atoms with Gasteiger partial charge in [0.05, 0.1) is 25.4 Å². The van der Waals surface area contributed by atoms with Crippen LogP contribution in [0.2, 0.25) is 0 Å². The molecule has 2 unspecified atom stereocenters. The van der Waals surface area contributed by atoms with Gasteiger partial charge < -0.3 is 25.0 Å². The first-order valence-corrected chi connectivity index (χ1v) is 11.1. The predicted octanol–water partition coefficient (Wildman–Crippen LogP) is 2.67. The molecule has 0 saturated carbocycles. The number of piperidine rings is 1. The highest BCUT2D eigenvalue weighted by atomic mass is 127. The second kappa shape index (κ2) is 12.9. The number of amides is 1. The van der Waals surface area contributed by atoms with E-state index in [0.717, 1.165) is 38.4 Å². The molecule has 0 aromatic heterocycles. The van der Waals surface area contributed by atoms with Gasteiger partial charge in [-0.3, -0.25) is 9.89 Å². The zero-order valence-electron chi connectivity index (χ0n) is 19.6. The lowest BCUT2D eigenvalue weighted by Gasteiger charge is -2.44. The molecule has 2 saturated heterocycles. The summed E-state index contributed by atoms with van der Waals surface area (Å²) in [6, 6.07) is 0.310. The number of aliphatic imine (C=N–C) groups is 1. The van der Waals surface area contributed by atoms with Gasteiger partial charge in [-0.2, -0.15) is 0 Å². The average Bonchev–Trinajstić information content (AvgIpc) is 2.66. The van der Waals surface area contributed by atoms with Crippen LogP contribution in [0.15, 0.2) is 4.99 Å². The normalized spacial score (nSPS) is 24.2. The molecule has 2 heterocycles. The van der Waals surface area contributed by atoms with Crippen molar-refractivity contribution in [3.05, 3.63) is 0 Å². The molecule has 2 fully saturated rings. The van der Waals surface area contributed by atoms with E-state index < -0.39 is 0 Å². The first-order valence-electron chi connectivity index (χ1n) is 11.1. The van der Waals surface area contributed by atoms with Gasteiger partial charge in [0.15, 0.2) is 5.96 Å². The molecule has 0 aromatic rings. The van der Waals surface area contributed by atoms with E-state index in [1.807, 2.05) is 6.92 Å². The fourth-order valence-electron chi connectivity index (χ4n) is 3.98. The molecule has 0 bridgehead atoms. The molecule has 2 N–H and O–H groups in total. The standard InChI is InChI=1S/C21H41N5O3.HI/c1-7-22-19(24-18-9-11-25(12-10-18)20(27)28-8-2)23-15-21(5,6)26-13-16(3)29-17(4)14-26;/h16-18H,7-15H2,1-6H3,(H2,22,23,24);1H. The number of hydrogen-bond acceptors (Lipinski definition) is 5. The van der Waals surface area contributed by atoms with Gasteiger partial charge in [-0.1, -0.05) is 0 Å².